The monoisotopic (exact) mass is 296 g/mol. The van der Waals surface area contributed by atoms with Crippen LogP contribution in [-0.2, 0) is 6.61 Å². The van der Waals surface area contributed by atoms with Crippen molar-refractivity contribution in [3.05, 3.63) is 50.9 Å². The Morgan fingerprint density at radius 3 is 2.95 bits per heavy atom. The number of hydrogen-bond donors (Lipinski definition) is 1. The van der Waals surface area contributed by atoms with Gasteiger partial charge >= 0.3 is 0 Å². The van der Waals surface area contributed by atoms with Gasteiger partial charge in [0, 0.05) is 4.88 Å². The lowest BCUT2D eigenvalue weighted by Gasteiger charge is -2.06. The van der Waals surface area contributed by atoms with Gasteiger partial charge in [-0.1, -0.05) is 29.5 Å². The molecule has 0 unspecified atom stereocenters. The Morgan fingerprint density at radius 1 is 1.32 bits per heavy atom. The maximum absolute atomic E-state index is 13.6. The highest BCUT2D eigenvalue weighted by atomic mass is 35.5. The zero-order valence-electron chi connectivity index (χ0n) is 9.82. The van der Waals surface area contributed by atoms with Crippen LogP contribution in [0.1, 0.15) is 9.75 Å². The van der Waals surface area contributed by atoms with Crippen LogP contribution in [-0.4, -0.2) is 11.7 Å². The number of aliphatic hydroxyl groups excluding tert-OH is 1. The lowest BCUT2D eigenvalue weighted by atomic mass is 10.3. The van der Waals surface area contributed by atoms with Gasteiger partial charge < -0.3 is 9.84 Å². The minimum absolute atomic E-state index is 0.0400. The van der Waals surface area contributed by atoms with Crippen molar-refractivity contribution in [3.63, 3.8) is 0 Å². The van der Waals surface area contributed by atoms with Crippen LogP contribution in [0, 0.1) is 17.7 Å². The Labute approximate surface area is 119 Å². The number of aliphatic hydroxyl groups is 1. The standard InChI is InChI=1S/C14H10ClFO2S/c15-12-4-1-5-13(14(12)16)18-9-11-7-6-10(19-11)3-2-8-17/h1,4-7,17H,8-9H2. The Morgan fingerprint density at radius 2 is 2.16 bits per heavy atom. The first-order chi connectivity index (χ1) is 9.20. The molecule has 1 aromatic carbocycles. The molecule has 1 N–H and O–H groups in total. The van der Waals surface area contributed by atoms with Crippen molar-refractivity contribution in [1.29, 1.82) is 0 Å². The third-order valence-corrected chi connectivity index (χ3v) is 3.50. The van der Waals surface area contributed by atoms with E-state index in [0.717, 1.165) is 9.75 Å². The lowest BCUT2D eigenvalue weighted by Crippen LogP contribution is -1.95. The molecule has 0 aliphatic heterocycles. The number of hydrogen-bond acceptors (Lipinski definition) is 3. The van der Waals surface area contributed by atoms with E-state index in [1.807, 2.05) is 12.1 Å². The molecule has 0 fully saturated rings. The number of thiophene rings is 1. The molecule has 0 amide bonds. The van der Waals surface area contributed by atoms with Crippen molar-refractivity contribution in [2.45, 2.75) is 6.61 Å². The third kappa shape index (κ3) is 3.71. The van der Waals surface area contributed by atoms with Crippen LogP contribution in [0.2, 0.25) is 5.02 Å². The summed E-state index contributed by atoms with van der Waals surface area (Å²) in [6.07, 6.45) is 0. The molecule has 0 saturated carbocycles. The molecule has 2 rings (SSSR count). The van der Waals surface area contributed by atoms with Crippen LogP contribution < -0.4 is 4.74 Å². The van der Waals surface area contributed by atoms with Gasteiger partial charge in [0.05, 0.1) is 9.90 Å². The molecule has 2 nitrogen and oxygen atoms in total. The van der Waals surface area contributed by atoms with Gasteiger partial charge in [0.15, 0.2) is 11.6 Å². The molecule has 1 heterocycles. The zero-order valence-corrected chi connectivity index (χ0v) is 11.4. The molecule has 19 heavy (non-hydrogen) atoms. The maximum Gasteiger partial charge on any atom is 0.183 e. The predicted octanol–water partition coefficient (Wildman–Crippen LogP) is 3.46. The number of ether oxygens (including phenoxy) is 1. The van der Waals surface area contributed by atoms with Crippen molar-refractivity contribution in [3.8, 4) is 17.6 Å². The van der Waals surface area contributed by atoms with E-state index in [1.165, 1.54) is 23.5 Å². The van der Waals surface area contributed by atoms with Crippen LogP contribution in [0.25, 0.3) is 0 Å². The van der Waals surface area contributed by atoms with Crippen LogP contribution in [0.15, 0.2) is 30.3 Å². The SMILES string of the molecule is OCC#Cc1ccc(COc2cccc(Cl)c2F)s1. The Bertz CT molecular complexity index is 628. The van der Waals surface area contributed by atoms with E-state index in [4.69, 9.17) is 21.4 Å². The first-order valence-electron chi connectivity index (χ1n) is 5.46. The second-order valence-electron chi connectivity index (χ2n) is 3.57. The zero-order chi connectivity index (χ0) is 13.7. The molecule has 0 aliphatic rings. The fourth-order valence-corrected chi connectivity index (χ4v) is 2.36. The van der Waals surface area contributed by atoms with Gasteiger partial charge in [0.2, 0.25) is 0 Å². The van der Waals surface area contributed by atoms with E-state index in [2.05, 4.69) is 11.8 Å². The van der Waals surface area contributed by atoms with Crippen LogP contribution in [0.3, 0.4) is 0 Å². The average Bonchev–Trinajstić information content (AvgIpc) is 2.86. The van der Waals surface area contributed by atoms with Gasteiger partial charge in [-0.05, 0) is 24.3 Å². The van der Waals surface area contributed by atoms with Crippen molar-refractivity contribution in [1.82, 2.24) is 0 Å². The van der Waals surface area contributed by atoms with E-state index >= 15 is 0 Å². The fourth-order valence-electron chi connectivity index (χ4n) is 1.39. The summed E-state index contributed by atoms with van der Waals surface area (Å²) in [4.78, 5) is 1.75. The maximum atomic E-state index is 13.6. The molecule has 1 aromatic heterocycles. The van der Waals surface area contributed by atoms with Crippen molar-refractivity contribution in [2.24, 2.45) is 0 Å². The molecule has 5 heteroatoms. The highest BCUT2D eigenvalue weighted by Crippen LogP contribution is 2.25. The van der Waals surface area contributed by atoms with E-state index in [9.17, 15) is 4.39 Å². The van der Waals surface area contributed by atoms with Crippen LogP contribution in [0.5, 0.6) is 5.75 Å². The molecule has 98 valence electrons. The summed E-state index contributed by atoms with van der Waals surface area (Å²) in [6.45, 7) is 0.0835. The van der Waals surface area contributed by atoms with Gasteiger partial charge in [-0.3, -0.25) is 0 Å². The number of halogens is 2. The quantitative estimate of drug-likeness (QED) is 0.879. The van der Waals surface area contributed by atoms with Crippen molar-refractivity contribution in [2.75, 3.05) is 6.61 Å². The average molecular weight is 297 g/mol. The Kier molecular flexibility index (Phi) is 4.80. The van der Waals surface area contributed by atoms with Crippen LogP contribution in [0.4, 0.5) is 4.39 Å². The summed E-state index contributed by atoms with van der Waals surface area (Å²) in [7, 11) is 0. The summed E-state index contributed by atoms with van der Waals surface area (Å²) in [5, 5.41) is 8.64. The molecule has 0 atom stereocenters. The van der Waals surface area contributed by atoms with E-state index in [0.29, 0.717) is 0 Å². The van der Waals surface area contributed by atoms with E-state index < -0.39 is 5.82 Å². The van der Waals surface area contributed by atoms with Gasteiger partial charge in [-0.2, -0.15) is 0 Å². The minimum Gasteiger partial charge on any atom is -0.485 e. The molecule has 0 spiro atoms. The number of rotatable bonds is 3. The van der Waals surface area contributed by atoms with Crippen molar-refractivity contribution < 1.29 is 14.2 Å². The second-order valence-corrected chi connectivity index (χ2v) is 5.14. The summed E-state index contributed by atoms with van der Waals surface area (Å²) < 4.78 is 18.9. The largest absolute Gasteiger partial charge is 0.485 e. The normalized spacial score (nSPS) is 9.84. The smallest absolute Gasteiger partial charge is 0.183 e. The fraction of sp³-hybridized carbons (Fsp3) is 0.143. The first-order valence-corrected chi connectivity index (χ1v) is 6.65. The van der Waals surface area contributed by atoms with Gasteiger partial charge in [0.25, 0.3) is 0 Å². The van der Waals surface area contributed by atoms with Crippen molar-refractivity contribution >= 4 is 22.9 Å². The highest BCUT2D eigenvalue weighted by molar-refractivity contribution is 7.12. The van der Waals surface area contributed by atoms with Gasteiger partial charge in [-0.25, -0.2) is 4.39 Å². The van der Waals surface area contributed by atoms with E-state index in [1.54, 1.807) is 6.07 Å². The first kappa shape index (κ1) is 13.9. The van der Waals surface area contributed by atoms with Crippen LogP contribution >= 0.6 is 22.9 Å². The van der Waals surface area contributed by atoms with Gasteiger partial charge in [0.1, 0.15) is 13.2 Å². The molecule has 0 bridgehead atoms. The molecule has 0 radical (unpaired) electrons. The molecule has 0 aliphatic carbocycles. The summed E-state index contributed by atoms with van der Waals surface area (Å²) in [5.41, 5.74) is 0. The predicted molar refractivity (Wildman–Crippen MR) is 74.0 cm³/mol. The van der Waals surface area contributed by atoms with Gasteiger partial charge in [-0.15, -0.1) is 11.3 Å². The summed E-state index contributed by atoms with van der Waals surface area (Å²) in [6, 6.07) is 8.32. The summed E-state index contributed by atoms with van der Waals surface area (Å²) >= 11 is 7.10. The van der Waals surface area contributed by atoms with E-state index in [-0.39, 0.29) is 24.0 Å². The molecule has 2 aromatic rings. The Hall–Kier alpha value is -1.54. The lowest BCUT2D eigenvalue weighted by molar-refractivity contribution is 0.293. The third-order valence-electron chi connectivity index (χ3n) is 2.24. The molecule has 0 saturated heterocycles. The minimum atomic E-state index is -0.555. The number of benzene rings is 1. The molecular formula is C14H10ClFO2S. The second kappa shape index (κ2) is 6.58. The molecular weight excluding hydrogens is 287 g/mol. The highest BCUT2D eigenvalue weighted by Gasteiger charge is 2.08. The topological polar surface area (TPSA) is 29.5 Å². The summed E-state index contributed by atoms with van der Waals surface area (Å²) in [5.74, 6) is 4.94. The Balaban J connectivity index is 2.02.